The van der Waals surface area contributed by atoms with Crippen molar-refractivity contribution in [2.45, 2.75) is 0 Å². The largest absolute Gasteiger partial charge is 0.338 e. The normalized spacial score (nSPS) is 10.8. The fraction of sp³-hybridized carbons (Fsp3) is 0. The second kappa shape index (κ2) is 5.12. The summed E-state index contributed by atoms with van der Waals surface area (Å²) < 4.78 is 0. The maximum Gasteiger partial charge on any atom is 0.241 e. The van der Waals surface area contributed by atoms with Crippen LogP contribution in [0.15, 0.2) is 24.4 Å². The lowest BCUT2D eigenvalue weighted by atomic mass is 10.3. The van der Waals surface area contributed by atoms with Gasteiger partial charge in [0.2, 0.25) is 5.95 Å². The molecule has 2 heterocycles. The molecule has 0 atom stereocenters. The van der Waals surface area contributed by atoms with Crippen LogP contribution >= 0.6 is 23.2 Å². The Kier molecular flexibility index (Phi) is 3.31. The molecular formula is C11H9Cl2N7. The van der Waals surface area contributed by atoms with Crippen molar-refractivity contribution < 1.29 is 0 Å². The van der Waals surface area contributed by atoms with E-state index in [4.69, 9.17) is 29.0 Å². The summed E-state index contributed by atoms with van der Waals surface area (Å²) in [5.41, 5.74) is 3.57. The van der Waals surface area contributed by atoms with Crippen molar-refractivity contribution in [3.05, 3.63) is 34.4 Å². The van der Waals surface area contributed by atoms with Crippen LogP contribution in [0.3, 0.4) is 0 Å². The van der Waals surface area contributed by atoms with E-state index >= 15 is 0 Å². The Hall–Kier alpha value is -2.09. The van der Waals surface area contributed by atoms with Gasteiger partial charge in [-0.05, 0) is 18.2 Å². The zero-order valence-corrected chi connectivity index (χ0v) is 11.5. The SMILES string of the molecule is NNc1nc(Nc2cc(Cl)ccc2Cl)c2cn[nH]c2n1. The number of nitrogens with one attached hydrogen (secondary N) is 3. The topological polar surface area (TPSA) is 105 Å². The molecule has 0 aliphatic rings. The molecule has 0 amide bonds. The number of nitrogen functional groups attached to an aromatic ring is 1. The van der Waals surface area contributed by atoms with Gasteiger partial charge in [-0.25, -0.2) is 5.84 Å². The highest BCUT2D eigenvalue weighted by atomic mass is 35.5. The highest BCUT2D eigenvalue weighted by Crippen LogP contribution is 2.30. The zero-order valence-electron chi connectivity index (χ0n) is 9.98. The van der Waals surface area contributed by atoms with Crippen LogP contribution in [-0.2, 0) is 0 Å². The van der Waals surface area contributed by atoms with E-state index in [1.54, 1.807) is 24.4 Å². The summed E-state index contributed by atoms with van der Waals surface area (Å²) in [5, 5.41) is 11.6. The number of benzene rings is 1. The van der Waals surface area contributed by atoms with Gasteiger partial charge in [0.05, 0.1) is 22.3 Å². The predicted octanol–water partition coefficient (Wildman–Crippen LogP) is 2.69. The van der Waals surface area contributed by atoms with Crippen molar-refractivity contribution >= 4 is 51.7 Å². The molecule has 0 aliphatic heterocycles. The van der Waals surface area contributed by atoms with Gasteiger partial charge in [-0.2, -0.15) is 15.1 Å². The lowest BCUT2D eigenvalue weighted by Crippen LogP contribution is -2.11. The van der Waals surface area contributed by atoms with Gasteiger partial charge in [0.1, 0.15) is 5.82 Å². The molecule has 9 heteroatoms. The minimum absolute atomic E-state index is 0.252. The second-order valence-corrected chi connectivity index (χ2v) is 4.77. The molecule has 1 aromatic carbocycles. The number of hydrazine groups is 1. The molecule has 7 nitrogen and oxygen atoms in total. The van der Waals surface area contributed by atoms with Crippen LogP contribution in [0.5, 0.6) is 0 Å². The standard InChI is InChI=1S/C11H9Cl2N7/c12-5-1-2-7(13)8(3-5)16-9-6-4-15-20-10(6)18-11(17-9)19-14/h1-4H,14H2,(H3,15,16,17,18,19,20). The number of H-pyrrole nitrogens is 1. The third-order valence-corrected chi connectivity index (χ3v) is 3.19. The summed E-state index contributed by atoms with van der Waals surface area (Å²) in [6, 6.07) is 5.10. The van der Waals surface area contributed by atoms with Crippen molar-refractivity contribution in [3.8, 4) is 0 Å². The molecule has 0 radical (unpaired) electrons. The minimum atomic E-state index is 0.252. The van der Waals surface area contributed by atoms with Crippen LogP contribution in [0.1, 0.15) is 0 Å². The van der Waals surface area contributed by atoms with E-state index in [-0.39, 0.29) is 5.95 Å². The number of aromatic nitrogens is 4. The maximum absolute atomic E-state index is 6.12. The van der Waals surface area contributed by atoms with Crippen LogP contribution in [0.4, 0.5) is 17.5 Å². The number of anilines is 3. The number of aromatic amines is 1. The molecule has 2 aromatic heterocycles. The predicted molar refractivity (Wildman–Crippen MR) is 79.2 cm³/mol. The maximum atomic E-state index is 6.12. The third kappa shape index (κ3) is 2.34. The summed E-state index contributed by atoms with van der Waals surface area (Å²) in [6.45, 7) is 0. The lowest BCUT2D eigenvalue weighted by molar-refractivity contribution is 1.08. The van der Waals surface area contributed by atoms with E-state index in [0.717, 1.165) is 0 Å². The summed E-state index contributed by atoms with van der Waals surface area (Å²) in [4.78, 5) is 8.37. The molecule has 3 rings (SSSR count). The first-order valence-corrected chi connectivity index (χ1v) is 6.33. The fourth-order valence-electron chi connectivity index (χ4n) is 1.72. The van der Waals surface area contributed by atoms with Crippen LogP contribution in [0.2, 0.25) is 10.0 Å². The molecule has 0 saturated carbocycles. The van der Waals surface area contributed by atoms with E-state index < -0.39 is 0 Å². The van der Waals surface area contributed by atoms with Gasteiger partial charge in [-0.15, -0.1) is 0 Å². The van der Waals surface area contributed by atoms with Crippen molar-refractivity contribution in [1.29, 1.82) is 0 Å². The van der Waals surface area contributed by atoms with Gasteiger partial charge in [0.25, 0.3) is 0 Å². The van der Waals surface area contributed by atoms with Gasteiger partial charge < -0.3 is 5.32 Å². The van der Waals surface area contributed by atoms with Gasteiger partial charge in [-0.3, -0.25) is 10.5 Å². The Balaban J connectivity index is 2.09. The Morgan fingerprint density at radius 1 is 1.20 bits per heavy atom. The Morgan fingerprint density at radius 3 is 2.85 bits per heavy atom. The van der Waals surface area contributed by atoms with Crippen LogP contribution in [0, 0.1) is 0 Å². The first kappa shape index (κ1) is 12.9. The summed E-state index contributed by atoms with van der Waals surface area (Å²) in [6.07, 6.45) is 1.61. The number of hydrogen-bond donors (Lipinski definition) is 4. The van der Waals surface area contributed by atoms with Crippen molar-refractivity contribution in [2.75, 3.05) is 10.7 Å². The zero-order chi connectivity index (χ0) is 14.1. The van der Waals surface area contributed by atoms with Crippen molar-refractivity contribution in [2.24, 2.45) is 5.84 Å². The number of halogens is 2. The Morgan fingerprint density at radius 2 is 2.05 bits per heavy atom. The molecule has 0 unspecified atom stereocenters. The van der Waals surface area contributed by atoms with Gasteiger partial charge >= 0.3 is 0 Å². The average Bonchev–Trinajstić information content (AvgIpc) is 2.91. The molecule has 102 valence electrons. The van der Waals surface area contributed by atoms with E-state index in [1.165, 1.54) is 0 Å². The van der Waals surface area contributed by atoms with Crippen molar-refractivity contribution in [1.82, 2.24) is 20.2 Å². The van der Waals surface area contributed by atoms with E-state index in [1.807, 2.05) is 0 Å². The van der Waals surface area contributed by atoms with Gasteiger partial charge in [0, 0.05) is 5.02 Å². The molecule has 0 bridgehead atoms. The van der Waals surface area contributed by atoms with E-state index in [9.17, 15) is 0 Å². The minimum Gasteiger partial charge on any atom is -0.338 e. The highest BCUT2D eigenvalue weighted by molar-refractivity contribution is 6.35. The average molecular weight is 310 g/mol. The molecular weight excluding hydrogens is 301 g/mol. The number of nitrogens with zero attached hydrogens (tertiary/aromatic N) is 3. The molecule has 0 aliphatic carbocycles. The smallest absolute Gasteiger partial charge is 0.241 e. The Labute approximate surface area is 123 Å². The first-order chi connectivity index (χ1) is 9.67. The van der Waals surface area contributed by atoms with E-state index in [2.05, 4.69) is 30.9 Å². The number of nitrogens with two attached hydrogens (primary N) is 1. The molecule has 0 fully saturated rings. The van der Waals surface area contributed by atoms with Gasteiger partial charge in [-0.1, -0.05) is 23.2 Å². The second-order valence-electron chi connectivity index (χ2n) is 3.92. The van der Waals surface area contributed by atoms with Crippen LogP contribution < -0.4 is 16.6 Å². The fourth-order valence-corrected chi connectivity index (χ4v) is 2.05. The molecule has 0 spiro atoms. The molecule has 20 heavy (non-hydrogen) atoms. The first-order valence-electron chi connectivity index (χ1n) is 5.57. The summed E-state index contributed by atoms with van der Waals surface area (Å²) >= 11 is 12.1. The molecule has 0 saturated heterocycles. The summed E-state index contributed by atoms with van der Waals surface area (Å²) in [7, 11) is 0. The lowest BCUT2D eigenvalue weighted by Gasteiger charge is -2.10. The number of rotatable bonds is 3. The third-order valence-electron chi connectivity index (χ3n) is 2.62. The van der Waals surface area contributed by atoms with Gasteiger partial charge in [0.15, 0.2) is 5.65 Å². The monoisotopic (exact) mass is 309 g/mol. The van der Waals surface area contributed by atoms with Crippen LogP contribution in [-0.4, -0.2) is 20.2 Å². The van der Waals surface area contributed by atoms with Crippen molar-refractivity contribution in [3.63, 3.8) is 0 Å². The van der Waals surface area contributed by atoms with Crippen LogP contribution in [0.25, 0.3) is 11.0 Å². The highest BCUT2D eigenvalue weighted by Gasteiger charge is 2.11. The molecule has 5 N–H and O–H groups in total. The number of hydrogen-bond acceptors (Lipinski definition) is 6. The van der Waals surface area contributed by atoms with E-state index in [0.29, 0.717) is 32.6 Å². The number of fused-ring (bicyclic) bond motifs is 1. The Bertz CT molecular complexity index is 771. The molecule has 3 aromatic rings. The summed E-state index contributed by atoms with van der Waals surface area (Å²) in [5.74, 6) is 6.11. The quantitative estimate of drug-likeness (QED) is 0.438.